The van der Waals surface area contributed by atoms with Crippen LogP contribution < -0.4 is 15.5 Å². The number of carbonyl (C=O) groups is 2. The van der Waals surface area contributed by atoms with E-state index in [0.717, 1.165) is 18.0 Å². The van der Waals surface area contributed by atoms with E-state index in [1.165, 1.54) is 4.90 Å². The maximum Gasteiger partial charge on any atom is 0.337 e. The van der Waals surface area contributed by atoms with Crippen LogP contribution in [0.5, 0.6) is 0 Å². The first-order chi connectivity index (χ1) is 11.2. The van der Waals surface area contributed by atoms with Crippen molar-refractivity contribution in [2.45, 2.75) is 11.8 Å². The lowest BCUT2D eigenvalue weighted by molar-refractivity contribution is -0.138. The minimum absolute atomic E-state index is 0.199. The summed E-state index contributed by atoms with van der Waals surface area (Å²) in [5, 5.41) is 5.39. The summed E-state index contributed by atoms with van der Waals surface area (Å²) >= 11 is 1.82. The number of carbonyl (C=O) groups excluding carboxylic acids is 2. The van der Waals surface area contributed by atoms with E-state index in [9.17, 15) is 9.59 Å². The van der Waals surface area contributed by atoms with Gasteiger partial charge in [-0.05, 0) is 19.1 Å². The molecule has 0 unspecified atom stereocenters. The summed E-state index contributed by atoms with van der Waals surface area (Å²) < 4.78 is 5.09. The lowest BCUT2D eigenvalue weighted by Crippen LogP contribution is -2.47. The number of thioether (sulfide) groups is 1. The van der Waals surface area contributed by atoms with Crippen LogP contribution in [0.2, 0.25) is 0 Å². The Kier molecular flexibility index (Phi) is 4.76. The summed E-state index contributed by atoms with van der Waals surface area (Å²) in [6.07, 6.45) is 0. The number of para-hydroxylation sites is 1. The maximum absolute atomic E-state index is 12.1. The van der Waals surface area contributed by atoms with Crippen LogP contribution in [0.3, 0.4) is 0 Å². The van der Waals surface area contributed by atoms with Crippen molar-refractivity contribution in [1.82, 2.24) is 10.6 Å². The molecule has 6 nitrogen and oxygen atoms in total. The molecule has 0 bridgehead atoms. The molecule has 1 aromatic carbocycles. The number of urea groups is 1. The van der Waals surface area contributed by atoms with E-state index in [4.69, 9.17) is 4.74 Å². The molecule has 2 N–H and O–H groups in total. The van der Waals surface area contributed by atoms with Crippen LogP contribution in [0.4, 0.5) is 10.5 Å². The minimum Gasteiger partial charge on any atom is -0.463 e. The third kappa shape index (κ3) is 3.44. The number of hydrogen-bond acceptors (Lipinski definition) is 5. The number of ether oxygens (including phenoxy) is 1. The highest BCUT2D eigenvalue weighted by Crippen LogP contribution is 2.34. The monoisotopic (exact) mass is 333 g/mol. The molecule has 0 saturated heterocycles. The van der Waals surface area contributed by atoms with Gasteiger partial charge in [0.05, 0.1) is 36.7 Å². The third-order valence-corrected chi connectivity index (χ3v) is 4.79. The van der Waals surface area contributed by atoms with Crippen LogP contribution in [-0.4, -0.2) is 44.0 Å². The van der Waals surface area contributed by atoms with Crippen LogP contribution in [-0.2, 0) is 9.53 Å². The van der Waals surface area contributed by atoms with Crippen LogP contribution in [0.1, 0.15) is 6.92 Å². The molecule has 2 aliphatic rings. The molecule has 0 atom stereocenters. The van der Waals surface area contributed by atoms with E-state index >= 15 is 0 Å². The Bertz CT molecular complexity index is 660. The van der Waals surface area contributed by atoms with Gasteiger partial charge in [-0.3, -0.25) is 0 Å². The molecule has 2 aliphatic heterocycles. The number of amides is 2. The average Bonchev–Trinajstić information content (AvgIpc) is 2.55. The topological polar surface area (TPSA) is 70.7 Å². The van der Waals surface area contributed by atoms with E-state index in [1.54, 1.807) is 6.92 Å². The highest BCUT2D eigenvalue weighted by molar-refractivity contribution is 7.99. The number of anilines is 1. The summed E-state index contributed by atoms with van der Waals surface area (Å²) in [7, 11) is 0. The molecule has 1 aromatic rings. The fourth-order valence-corrected chi connectivity index (χ4v) is 3.71. The number of rotatable bonds is 4. The Balaban J connectivity index is 1.87. The van der Waals surface area contributed by atoms with Crippen molar-refractivity contribution >= 4 is 29.4 Å². The quantitative estimate of drug-likeness (QED) is 0.821. The van der Waals surface area contributed by atoms with Gasteiger partial charge in [-0.25, -0.2) is 9.59 Å². The predicted octanol–water partition coefficient (Wildman–Crippen LogP) is 1.73. The van der Waals surface area contributed by atoms with E-state index in [0.29, 0.717) is 24.4 Å². The standard InChI is InChI=1S/C16H19N3O3S/c1-2-22-15(20)11-9-17-16(21)18-12(11)10-19-7-8-23-14-6-4-3-5-13(14)19/h3-6H,2,7-10H2,1H3,(H2,17,18,21). The number of fused-ring (bicyclic) bond motifs is 1. The van der Waals surface area contributed by atoms with Crippen LogP contribution in [0.15, 0.2) is 40.4 Å². The third-order valence-electron chi connectivity index (χ3n) is 3.75. The van der Waals surface area contributed by atoms with Crippen LogP contribution in [0, 0.1) is 0 Å². The van der Waals surface area contributed by atoms with Crippen molar-refractivity contribution < 1.29 is 14.3 Å². The predicted molar refractivity (Wildman–Crippen MR) is 89.6 cm³/mol. The molecule has 0 fully saturated rings. The van der Waals surface area contributed by atoms with Gasteiger partial charge < -0.3 is 20.3 Å². The number of nitrogens with one attached hydrogen (secondary N) is 2. The molecule has 0 saturated carbocycles. The Morgan fingerprint density at radius 1 is 1.39 bits per heavy atom. The Hall–Kier alpha value is -2.15. The molecule has 3 rings (SSSR count). The van der Waals surface area contributed by atoms with Gasteiger partial charge in [0.15, 0.2) is 0 Å². The highest BCUT2D eigenvalue weighted by atomic mass is 32.2. The van der Waals surface area contributed by atoms with Crippen molar-refractivity contribution in [1.29, 1.82) is 0 Å². The van der Waals surface area contributed by atoms with E-state index in [1.807, 2.05) is 23.9 Å². The average molecular weight is 333 g/mol. The molecule has 2 heterocycles. The van der Waals surface area contributed by atoms with Crippen LogP contribution in [0.25, 0.3) is 0 Å². The smallest absolute Gasteiger partial charge is 0.337 e. The van der Waals surface area contributed by atoms with Crippen molar-refractivity contribution in [2.24, 2.45) is 0 Å². The summed E-state index contributed by atoms with van der Waals surface area (Å²) in [6.45, 7) is 3.63. The summed E-state index contributed by atoms with van der Waals surface area (Å²) in [5.74, 6) is 0.597. The van der Waals surface area contributed by atoms with Gasteiger partial charge >= 0.3 is 12.0 Å². The van der Waals surface area contributed by atoms with Crippen molar-refractivity contribution in [3.05, 3.63) is 35.5 Å². The van der Waals surface area contributed by atoms with Gasteiger partial charge in [-0.1, -0.05) is 12.1 Å². The molecule has 7 heteroatoms. The van der Waals surface area contributed by atoms with E-state index in [2.05, 4.69) is 27.7 Å². The SMILES string of the molecule is CCOC(=O)C1=C(CN2CCSc3ccccc32)NC(=O)NC1. The fourth-order valence-electron chi connectivity index (χ4n) is 2.66. The van der Waals surface area contributed by atoms with Gasteiger partial charge in [0.25, 0.3) is 0 Å². The number of esters is 1. The molecule has 122 valence electrons. The van der Waals surface area contributed by atoms with Gasteiger partial charge in [-0.15, -0.1) is 11.8 Å². The number of nitrogens with zero attached hydrogens (tertiary/aromatic N) is 1. The highest BCUT2D eigenvalue weighted by Gasteiger charge is 2.26. The van der Waals surface area contributed by atoms with Crippen molar-refractivity contribution in [3.63, 3.8) is 0 Å². The normalized spacial score (nSPS) is 17.3. The number of hydrogen-bond donors (Lipinski definition) is 2. The second kappa shape index (κ2) is 6.95. The molecule has 23 heavy (non-hydrogen) atoms. The molecular weight excluding hydrogens is 314 g/mol. The molecule has 2 amide bonds. The minimum atomic E-state index is -0.380. The first kappa shape index (κ1) is 15.7. The fraction of sp³-hybridized carbons (Fsp3) is 0.375. The lowest BCUT2D eigenvalue weighted by Gasteiger charge is -2.33. The van der Waals surface area contributed by atoms with Gasteiger partial charge in [0, 0.05) is 17.2 Å². The second-order valence-electron chi connectivity index (χ2n) is 5.22. The molecule has 0 radical (unpaired) electrons. The first-order valence-electron chi connectivity index (χ1n) is 7.60. The summed E-state index contributed by atoms with van der Waals surface area (Å²) in [6, 6.07) is 7.89. The lowest BCUT2D eigenvalue weighted by atomic mass is 10.1. The zero-order valence-electron chi connectivity index (χ0n) is 12.9. The van der Waals surface area contributed by atoms with Crippen LogP contribution >= 0.6 is 11.8 Å². The van der Waals surface area contributed by atoms with E-state index < -0.39 is 0 Å². The summed E-state index contributed by atoms with van der Waals surface area (Å²) in [4.78, 5) is 27.2. The zero-order valence-corrected chi connectivity index (χ0v) is 13.7. The molecule has 0 aromatic heterocycles. The van der Waals surface area contributed by atoms with Gasteiger partial charge in [0.2, 0.25) is 0 Å². The van der Waals surface area contributed by atoms with Gasteiger partial charge in [0.1, 0.15) is 0 Å². The largest absolute Gasteiger partial charge is 0.463 e. The van der Waals surface area contributed by atoms with E-state index in [-0.39, 0.29) is 18.5 Å². The Labute approximate surface area is 139 Å². The molecule has 0 aliphatic carbocycles. The Morgan fingerprint density at radius 2 is 2.22 bits per heavy atom. The number of benzene rings is 1. The molecule has 0 spiro atoms. The Morgan fingerprint density at radius 3 is 3.04 bits per heavy atom. The van der Waals surface area contributed by atoms with Crippen molar-refractivity contribution in [3.8, 4) is 0 Å². The van der Waals surface area contributed by atoms with Crippen molar-refractivity contribution in [2.75, 3.05) is 36.9 Å². The van der Waals surface area contributed by atoms with Gasteiger partial charge in [-0.2, -0.15) is 0 Å². The second-order valence-corrected chi connectivity index (χ2v) is 6.36. The maximum atomic E-state index is 12.1. The zero-order chi connectivity index (χ0) is 16.2. The molecular formula is C16H19N3O3S. The summed E-state index contributed by atoms with van der Waals surface area (Å²) in [5.41, 5.74) is 2.24. The first-order valence-corrected chi connectivity index (χ1v) is 8.58.